The lowest BCUT2D eigenvalue weighted by Crippen LogP contribution is -2.33. The van der Waals surface area contributed by atoms with Crippen LogP contribution >= 0.6 is 0 Å². The van der Waals surface area contributed by atoms with Crippen molar-refractivity contribution in [3.05, 3.63) is 23.9 Å². The van der Waals surface area contributed by atoms with Gasteiger partial charge in [0.25, 0.3) is 0 Å². The molecule has 108 valence electrons. The Morgan fingerprint density at radius 2 is 1.79 bits per heavy atom. The SMILES string of the molecule is CCNCc1cccnc1N(CC(C)C)CC(C)C. The lowest BCUT2D eigenvalue weighted by molar-refractivity contribution is 0.546. The van der Waals surface area contributed by atoms with Crippen LogP contribution in [0.2, 0.25) is 0 Å². The average Bonchev–Trinajstić information content (AvgIpc) is 2.35. The molecule has 3 heteroatoms. The summed E-state index contributed by atoms with van der Waals surface area (Å²) in [7, 11) is 0. The van der Waals surface area contributed by atoms with Crippen LogP contribution in [-0.2, 0) is 6.54 Å². The maximum atomic E-state index is 4.62. The second-order valence-corrected chi connectivity index (χ2v) is 5.96. The zero-order valence-electron chi connectivity index (χ0n) is 13.1. The van der Waals surface area contributed by atoms with Crippen molar-refractivity contribution in [2.45, 2.75) is 41.2 Å². The Morgan fingerprint density at radius 3 is 2.32 bits per heavy atom. The van der Waals surface area contributed by atoms with Gasteiger partial charge in [-0.15, -0.1) is 0 Å². The van der Waals surface area contributed by atoms with E-state index in [9.17, 15) is 0 Å². The number of hydrogen-bond donors (Lipinski definition) is 1. The fraction of sp³-hybridized carbons (Fsp3) is 0.688. The Hall–Kier alpha value is -1.09. The molecule has 0 saturated heterocycles. The summed E-state index contributed by atoms with van der Waals surface area (Å²) in [5.41, 5.74) is 1.30. The van der Waals surface area contributed by atoms with E-state index in [1.165, 1.54) is 5.56 Å². The molecule has 0 radical (unpaired) electrons. The van der Waals surface area contributed by atoms with Gasteiger partial charge >= 0.3 is 0 Å². The molecule has 0 aliphatic carbocycles. The van der Waals surface area contributed by atoms with Crippen molar-refractivity contribution in [3.8, 4) is 0 Å². The van der Waals surface area contributed by atoms with Crippen LogP contribution in [0.5, 0.6) is 0 Å². The van der Waals surface area contributed by atoms with Crippen LogP contribution in [0.15, 0.2) is 18.3 Å². The summed E-state index contributed by atoms with van der Waals surface area (Å²) in [6, 6.07) is 4.21. The number of nitrogens with zero attached hydrogens (tertiary/aromatic N) is 2. The molecule has 1 rings (SSSR count). The molecule has 1 aromatic rings. The van der Waals surface area contributed by atoms with Crippen molar-refractivity contribution in [1.82, 2.24) is 10.3 Å². The first-order chi connectivity index (χ1) is 9.04. The highest BCUT2D eigenvalue weighted by atomic mass is 15.2. The number of nitrogens with one attached hydrogen (secondary N) is 1. The predicted octanol–water partition coefficient (Wildman–Crippen LogP) is 3.31. The second-order valence-electron chi connectivity index (χ2n) is 5.96. The molecule has 1 aromatic heterocycles. The smallest absolute Gasteiger partial charge is 0.133 e. The van der Waals surface area contributed by atoms with Gasteiger partial charge in [-0.2, -0.15) is 0 Å². The Kier molecular flexibility index (Phi) is 6.85. The van der Waals surface area contributed by atoms with Crippen molar-refractivity contribution >= 4 is 5.82 Å². The largest absolute Gasteiger partial charge is 0.356 e. The first kappa shape index (κ1) is 16.0. The Labute approximate surface area is 118 Å². The van der Waals surface area contributed by atoms with Crippen LogP contribution in [0.25, 0.3) is 0 Å². The standard InChI is InChI=1S/C16H29N3/c1-6-17-10-15-8-7-9-18-16(15)19(11-13(2)3)12-14(4)5/h7-9,13-14,17H,6,10-12H2,1-5H3. The third-order valence-electron chi connectivity index (χ3n) is 2.90. The summed E-state index contributed by atoms with van der Waals surface area (Å²) in [5.74, 6) is 2.44. The highest BCUT2D eigenvalue weighted by molar-refractivity contribution is 5.46. The molecule has 19 heavy (non-hydrogen) atoms. The van der Waals surface area contributed by atoms with Crippen LogP contribution in [0, 0.1) is 11.8 Å². The first-order valence-electron chi connectivity index (χ1n) is 7.44. The Bertz CT molecular complexity index is 351. The van der Waals surface area contributed by atoms with E-state index < -0.39 is 0 Å². The van der Waals surface area contributed by atoms with E-state index in [0.717, 1.165) is 32.0 Å². The maximum absolute atomic E-state index is 4.62. The summed E-state index contributed by atoms with van der Waals surface area (Å²) in [6.45, 7) is 15.2. The molecule has 3 nitrogen and oxygen atoms in total. The van der Waals surface area contributed by atoms with Crippen molar-refractivity contribution < 1.29 is 0 Å². The minimum absolute atomic E-state index is 0.646. The predicted molar refractivity (Wildman–Crippen MR) is 83.5 cm³/mol. The molecule has 0 aromatic carbocycles. The lowest BCUT2D eigenvalue weighted by atomic mass is 10.1. The second kappa shape index (κ2) is 8.16. The molecule has 0 amide bonds. The van der Waals surface area contributed by atoms with Gasteiger partial charge in [0.2, 0.25) is 0 Å². The zero-order valence-corrected chi connectivity index (χ0v) is 13.1. The fourth-order valence-electron chi connectivity index (χ4n) is 2.24. The van der Waals surface area contributed by atoms with E-state index in [2.05, 4.69) is 55.9 Å². The quantitative estimate of drug-likeness (QED) is 0.780. The molecule has 1 N–H and O–H groups in total. The molecular formula is C16H29N3. The number of hydrogen-bond acceptors (Lipinski definition) is 3. The first-order valence-corrected chi connectivity index (χ1v) is 7.44. The third kappa shape index (κ3) is 5.60. The molecule has 0 saturated carbocycles. The van der Waals surface area contributed by atoms with Gasteiger partial charge in [0, 0.05) is 31.4 Å². The molecule has 0 bridgehead atoms. The van der Waals surface area contributed by atoms with Crippen LogP contribution < -0.4 is 10.2 Å². The van der Waals surface area contributed by atoms with Crippen molar-refractivity contribution in [1.29, 1.82) is 0 Å². The highest BCUT2D eigenvalue weighted by Crippen LogP contribution is 2.19. The Balaban J connectivity index is 2.92. The minimum atomic E-state index is 0.646. The van der Waals surface area contributed by atoms with Crippen LogP contribution in [-0.4, -0.2) is 24.6 Å². The number of rotatable bonds is 8. The van der Waals surface area contributed by atoms with Crippen molar-refractivity contribution in [2.24, 2.45) is 11.8 Å². The van der Waals surface area contributed by atoms with E-state index in [1.807, 2.05) is 12.3 Å². The maximum Gasteiger partial charge on any atom is 0.133 e. The topological polar surface area (TPSA) is 28.2 Å². The summed E-state index contributed by atoms with van der Waals surface area (Å²) < 4.78 is 0. The normalized spacial score (nSPS) is 11.3. The molecule has 1 heterocycles. The summed E-state index contributed by atoms with van der Waals surface area (Å²) in [4.78, 5) is 7.06. The highest BCUT2D eigenvalue weighted by Gasteiger charge is 2.14. The number of aromatic nitrogens is 1. The van der Waals surface area contributed by atoms with Gasteiger partial charge in [0.1, 0.15) is 5.82 Å². The molecule has 0 unspecified atom stereocenters. The van der Waals surface area contributed by atoms with E-state index in [1.54, 1.807) is 0 Å². The molecule has 0 aliphatic heterocycles. The number of anilines is 1. The van der Waals surface area contributed by atoms with Gasteiger partial charge in [-0.1, -0.05) is 40.7 Å². The Morgan fingerprint density at radius 1 is 1.16 bits per heavy atom. The summed E-state index contributed by atoms with van der Waals surface area (Å²) >= 11 is 0. The third-order valence-corrected chi connectivity index (χ3v) is 2.90. The van der Waals surface area contributed by atoms with Crippen LogP contribution in [0.1, 0.15) is 40.2 Å². The van der Waals surface area contributed by atoms with Crippen LogP contribution in [0.3, 0.4) is 0 Å². The number of pyridine rings is 1. The van der Waals surface area contributed by atoms with E-state index in [4.69, 9.17) is 0 Å². The van der Waals surface area contributed by atoms with Gasteiger partial charge in [-0.25, -0.2) is 4.98 Å². The van der Waals surface area contributed by atoms with Gasteiger partial charge in [0.05, 0.1) is 0 Å². The minimum Gasteiger partial charge on any atom is -0.356 e. The molecular weight excluding hydrogens is 234 g/mol. The van der Waals surface area contributed by atoms with Crippen molar-refractivity contribution in [3.63, 3.8) is 0 Å². The molecule has 0 spiro atoms. The summed E-state index contributed by atoms with van der Waals surface area (Å²) in [5, 5.41) is 3.40. The monoisotopic (exact) mass is 263 g/mol. The lowest BCUT2D eigenvalue weighted by Gasteiger charge is -2.29. The van der Waals surface area contributed by atoms with E-state index >= 15 is 0 Å². The molecule has 0 aliphatic rings. The van der Waals surface area contributed by atoms with Crippen LogP contribution in [0.4, 0.5) is 5.82 Å². The van der Waals surface area contributed by atoms with Gasteiger partial charge < -0.3 is 10.2 Å². The van der Waals surface area contributed by atoms with E-state index in [0.29, 0.717) is 11.8 Å². The molecule has 0 atom stereocenters. The molecule has 0 fully saturated rings. The van der Waals surface area contributed by atoms with Crippen molar-refractivity contribution in [2.75, 3.05) is 24.5 Å². The zero-order chi connectivity index (χ0) is 14.3. The van der Waals surface area contributed by atoms with Gasteiger partial charge in [-0.05, 0) is 24.4 Å². The summed E-state index contributed by atoms with van der Waals surface area (Å²) in [6.07, 6.45) is 1.90. The van der Waals surface area contributed by atoms with Gasteiger partial charge in [-0.3, -0.25) is 0 Å². The van der Waals surface area contributed by atoms with Gasteiger partial charge in [0.15, 0.2) is 0 Å². The average molecular weight is 263 g/mol. The van der Waals surface area contributed by atoms with E-state index in [-0.39, 0.29) is 0 Å². The fourth-order valence-corrected chi connectivity index (χ4v) is 2.24.